The van der Waals surface area contributed by atoms with Gasteiger partial charge in [-0.3, -0.25) is 0 Å². The summed E-state index contributed by atoms with van der Waals surface area (Å²) in [6.07, 6.45) is -1.66. The van der Waals surface area contributed by atoms with Crippen LogP contribution in [0.5, 0.6) is 0 Å². The van der Waals surface area contributed by atoms with Gasteiger partial charge < -0.3 is 10.2 Å². The summed E-state index contributed by atoms with van der Waals surface area (Å²) in [5, 5.41) is 22.8. The summed E-state index contributed by atoms with van der Waals surface area (Å²) < 4.78 is 0. The van der Waals surface area contributed by atoms with Crippen LogP contribution in [0.15, 0.2) is 84.9 Å². The van der Waals surface area contributed by atoms with Crippen LogP contribution in [0.2, 0.25) is 5.02 Å². The minimum atomic E-state index is -0.828. The van der Waals surface area contributed by atoms with Crippen molar-refractivity contribution in [1.29, 1.82) is 0 Å². The molecule has 0 saturated carbocycles. The predicted octanol–water partition coefficient (Wildman–Crippen LogP) is 2.99. The van der Waals surface area contributed by atoms with Crippen molar-refractivity contribution in [2.24, 2.45) is 11.8 Å². The van der Waals surface area contributed by atoms with Crippen molar-refractivity contribution in [3.8, 4) is 0 Å². The maximum Gasteiger partial charge on any atom is 0.122 e. The van der Waals surface area contributed by atoms with Gasteiger partial charge in [-0.2, -0.15) is 0 Å². The first-order chi connectivity index (χ1) is 15.6. The van der Waals surface area contributed by atoms with Gasteiger partial charge in [0.1, 0.15) is 12.5 Å². The van der Waals surface area contributed by atoms with Gasteiger partial charge in [-0.25, -0.2) is 21.7 Å². The van der Waals surface area contributed by atoms with Crippen molar-refractivity contribution in [1.82, 2.24) is 21.7 Å². The SMILES string of the molecule is OC1NNC(c2ccccc2)C1C(c1ccccc1Cl)C1C(O)NNC1c1ccccc1. The van der Waals surface area contributed by atoms with E-state index < -0.39 is 12.5 Å². The number of hydrogen-bond acceptors (Lipinski definition) is 6. The van der Waals surface area contributed by atoms with Crippen LogP contribution in [-0.2, 0) is 0 Å². The fourth-order valence-corrected chi connectivity index (χ4v) is 5.52. The molecule has 0 aromatic heterocycles. The molecule has 6 atom stereocenters. The second kappa shape index (κ2) is 9.29. The predicted molar refractivity (Wildman–Crippen MR) is 124 cm³/mol. The molecule has 0 spiro atoms. The van der Waals surface area contributed by atoms with E-state index >= 15 is 0 Å². The molecule has 166 valence electrons. The summed E-state index contributed by atoms with van der Waals surface area (Å²) >= 11 is 6.71. The van der Waals surface area contributed by atoms with E-state index in [0.717, 1.165) is 16.7 Å². The third-order valence-corrected chi connectivity index (χ3v) is 7.03. The number of rotatable bonds is 5. The Kier molecular flexibility index (Phi) is 6.26. The normalized spacial score (nSPS) is 31.0. The molecule has 0 bridgehead atoms. The first-order valence-corrected chi connectivity index (χ1v) is 11.3. The Morgan fingerprint density at radius 3 is 1.50 bits per heavy atom. The molecule has 2 heterocycles. The summed E-state index contributed by atoms with van der Waals surface area (Å²) in [6, 6.07) is 27.5. The molecule has 2 fully saturated rings. The van der Waals surface area contributed by atoms with E-state index in [1.807, 2.05) is 84.9 Å². The van der Waals surface area contributed by atoms with E-state index in [9.17, 15) is 10.2 Å². The molecule has 2 aliphatic rings. The number of aliphatic hydroxyl groups excluding tert-OH is 2. The Balaban J connectivity index is 1.63. The summed E-state index contributed by atoms with van der Waals surface area (Å²) in [5.74, 6) is -0.844. The van der Waals surface area contributed by atoms with Crippen LogP contribution in [0.3, 0.4) is 0 Å². The molecule has 6 unspecified atom stereocenters. The molecule has 5 rings (SSSR count). The monoisotopic (exact) mass is 450 g/mol. The van der Waals surface area contributed by atoms with Crippen molar-refractivity contribution < 1.29 is 10.2 Å². The molecule has 3 aromatic carbocycles. The van der Waals surface area contributed by atoms with Gasteiger partial charge in [-0.05, 0) is 22.8 Å². The minimum absolute atomic E-state index is 0.170. The molecule has 0 radical (unpaired) electrons. The largest absolute Gasteiger partial charge is 0.377 e. The van der Waals surface area contributed by atoms with Crippen LogP contribution in [0.1, 0.15) is 34.7 Å². The van der Waals surface area contributed by atoms with Crippen molar-refractivity contribution in [2.75, 3.05) is 0 Å². The molecular weight excluding hydrogens is 424 g/mol. The second-order valence-electron chi connectivity index (χ2n) is 8.45. The number of benzene rings is 3. The summed E-state index contributed by atoms with van der Waals surface area (Å²) in [5.41, 5.74) is 15.6. The Morgan fingerprint density at radius 2 is 1.03 bits per heavy atom. The summed E-state index contributed by atoms with van der Waals surface area (Å²) in [6.45, 7) is 0. The molecule has 0 aliphatic carbocycles. The lowest BCUT2D eigenvalue weighted by Gasteiger charge is -2.37. The van der Waals surface area contributed by atoms with Gasteiger partial charge in [-0.1, -0.05) is 90.5 Å². The Labute approximate surface area is 192 Å². The molecule has 0 amide bonds. The van der Waals surface area contributed by atoms with E-state index in [0.29, 0.717) is 5.02 Å². The molecule has 2 saturated heterocycles. The van der Waals surface area contributed by atoms with Gasteiger partial charge in [0.15, 0.2) is 0 Å². The van der Waals surface area contributed by atoms with Gasteiger partial charge in [0, 0.05) is 22.8 Å². The first-order valence-electron chi connectivity index (χ1n) is 10.9. The average Bonchev–Trinajstić information content (AvgIpc) is 3.40. The molecule has 6 N–H and O–H groups in total. The van der Waals surface area contributed by atoms with Crippen molar-refractivity contribution in [3.05, 3.63) is 107 Å². The lowest BCUT2D eigenvalue weighted by molar-refractivity contribution is 0.0370. The highest BCUT2D eigenvalue weighted by atomic mass is 35.5. The number of aliphatic hydroxyl groups is 2. The smallest absolute Gasteiger partial charge is 0.122 e. The first kappa shape index (κ1) is 21.6. The second-order valence-corrected chi connectivity index (χ2v) is 8.85. The van der Waals surface area contributed by atoms with Crippen LogP contribution in [-0.4, -0.2) is 22.7 Å². The van der Waals surface area contributed by atoms with Crippen LogP contribution in [0, 0.1) is 11.8 Å². The zero-order chi connectivity index (χ0) is 22.1. The Bertz CT molecular complexity index is 977. The summed E-state index contributed by atoms with van der Waals surface area (Å²) in [4.78, 5) is 0. The van der Waals surface area contributed by atoms with Gasteiger partial charge in [0.05, 0.1) is 12.1 Å². The standard InChI is InChI=1S/C25H27ClN4O2/c26-18-14-8-7-13-17(18)19(20-22(27-29-24(20)31)15-9-3-1-4-10-15)21-23(28-30-25(21)32)16-11-5-2-6-12-16/h1-14,19-25,27-32H. The van der Waals surface area contributed by atoms with Crippen molar-refractivity contribution in [3.63, 3.8) is 0 Å². The highest BCUT2D eigenvalue weighted by Gasteiger charge is 2.51. The van der Waals surface area contributed by atoms with Crippen LogP contribution < -0.4 is 21.7 Å². The van der Waals surface area contributed by atoms with Gasteiger partial charge in [0.25, 0.3) is 0 Å². The van der Waals surface area contributed by atoms with Crippen LogP contribution in [0.25, 0.3) is 0 Å². The van der Waals surface area contributed by atoms with Gasteiger partial charge in [0.2, 0.25) is 0 Å². The van der Waals surface area contributed by atoms with Crippen molar-refractivity contribution >= 4 is 11.6 Å². The molecule has 7 heteroatoms. The molecule has 6 nitrogen and oxygen atoms in total. The van der Waals surface area contributed by atoms with E-state index in [4.69, 9.17) is 11.6 Å². The lowest BCUT2D eigenvalue weighted by Crippen LogP contribution is -2.40. The quantitative estimate of drug-likeness (QED) is 0.358. The van der Waals surface area contributed by atoms with Crippen molar-refractivity contribution in [2.45, 2.75) is 30.5 Å². The zero-order valence-corrected chi connectivity index (χ0v) is 18.2. The van der Waals surface area contributed by atoms with Gasteiger partial charge in [-0.15, -0.1) is 0 Å². The minimum Gasteiger partial charge on any atom is -0.377 e. The molecular formula is C25H27ClN4O2. The maximum absolute atomic E-state index is 11.1. The van der Waals surface area contributed by atoms with Crippen LogP contribution >= 0.6 is 11.6 Å². The van der Waals surface area contributed by atoms with Crippen LogP contribution in [0.4, 0.5) is 0 Å². The third-order valence-electron chi connectivity index (χ3n) is 6.68. The van der Waals surface area contributed by atoms with E-state index in [-0.39, 0.29) is 29.8 Å². The fraction of sp³-hybridized carbons (Fsp3) is 0.280. The summed E-state index contributed by atoms with van der Waals surface area (Å²) in [7, 11) is 0. The van der Waals surface area contributed by atoms with E-state index in [2.05, 4.69) is 21.7 Å². The topological polar surface area (TPSA) is 88.6 Å². The molecule has 32 heavy (non-hydrogen) atoms. The van der Waals surface area contributed by atoms with E-state index in [1.54, 1.807) is 0 Å². The number of hydrazine groups is 2. The zero-order valence-electron chi connectivity index (χ0n) is 17.4. The molecule has 2 aliphatic heterocycles. The Morgan fingerprint density at radius 1 is 0.594 bits per heavy atom. The average molecular weight is 451 g/mol. The highest BCUT2D eigenvalue weighted by molar-refractivity contribution is 6.31. The van der Waals surface area contributed by atoms with Gasteiger partial charge >= 0.3 is 0 Å². The number of halogens is 1. The Hall–Kier alpha value is -2.29. The maximum atomic E-state index is 11.1. The van der Waals surface area contributed by atoms with E-state index in [1.165, 1.54) is 0 Å². The number of nitrogens with one attached hydrogen (secondary N) is 4. The lowest BCUT2D eigenvalue weighted by atomic mass is 9.69. The fourth-order valence-electron chi connectivity index (χ4n) is 5.26. The molecule has 3 aromatic rings. The third kappa shape index (κ3) is 3.95. The highest BCUT2D eigenvalue weighted by Crippen LogP contribution is 2.50. The number of hydrogen-bond donors (Lipinski definition) is 6.